The lowest BCUT2D eigenvalue weighted by molar-refractivity contribution is -0.874. The number of rotatable bonds is 7. The normalized spacial score (nSPS) is 49.2. The van der Waals surface area contributed by atoms with Crippen LogP contribution in [0, 0.1) is 28.9 Å². The number of methoxy groups -OCH3 is 1. The SMILES string of the molecule is CCC1OC(=O)[C@H](C)[C@@H](O[C@H]2C[C@@](C)(OC)[C@@H](O)[C@H](C)O2)[C@H](C)[C@@H](O[C@@H]2O[C@H](C)C[C@H]([N+](C)(C)[O-])[C@H]2O)[C@](C)(O)C[C@@H](C)C(=O)[C@H](C)[C@@H](O)[C@]1(C)O. The zero-order valence-electron chi connectivity index (χ0n) is 33.3. The fraction of sp³-hybridized carbons (Fsp3) is 0.946. The topological polar surface area (TPSA) is 214 Å². The third-order valence-corrected chi connectivity index (χ3v) is 12.0. The van der Waals surface area contributed by atoms with Gasteiger partial charge in [-0.3, -0.25) is 9.59 Å². The molecule has 0 aromatic carbocycles. The minimum absolute atomic E-state index is 0.0595. The molecule has 3 fully saturated rings. The molecule has 0 radical (unpaired) electrons. The van der Waals surface area contributed by atoms with Crippen LogP contribution < -0.4 is 0 Å². The highest BCUT2D eigenvalue weighted by Gasteiger charge is 2.54. The number of ketones is 1. The Labute approximate surface area is 309 Å². The molecule has 18 atom stereocenters. The molecular formula is C37H67NO14. The molecule has 304 valence electrons. The zero-order valence-corrected chi connectivity index (χ0v) is 33.3. The van der Waals surface area contributed by atoms with Gasteiger partial charge >= 0.3 is 5.97 Å². The van der Waals surface area contributed by atoms with Crippen LogP contribution in [0.15, 0.2) is 0 Å². The predicted octanol–water partition coefficient (Wildman–Crippen LogP) is 1.80. The Morgan fingerprint density at radius 1 is 0.904 bits per heavy atom. The van der Waals surface area contributed by atoms with Gasteiger partial charge in [-0.1, -0.05) is 27.7 Å². The Bertz CT molecular complexity index is 1210. The zero-order chi connectivity index (χ0) is 39.9. The monoisotopic (exact) mass is 749 g/mol. The van der Waals surface area contributed by atoms with Gasteiger partial charge in [-0.05, 0) is 54.4 Å². The molecule has 3 heterocycles. The number of hydrogen-bond acceptors (Lipinski definition) is 14. The summed E-state index contributed by atoms with van der Waals surface area (Å²) >= 11 is 0. The Morgan fingerprint density at radius 2 is 1.50 bits per heavy atom. The average Bonchev–Trinajstić information content (AvgIpc) is 3.05. The van der Waals surface area contributed by atoms with Crippen LogP contribution in [0.3, 0.4) is 0 Å². The van der Waals surface area contributed by atoms with Crippen molar-refractivity contribution in [2.75, 3.05) is 21.2 Å². The molecule has 0 aromatic rings. The molecule has 3 aliphatic rings. The second kappa shape index (κ2) is 16.8. The molecule has 15 nitrogen and oxygen atoms in total. The van der Waals surface area contributed by atoms with Crippen molar-refractivity contribution in [1.29, 1.82) is 0 Å². The summed E-state index contributed by atoms with van der Waals surface area (Å²) in [7, 11) is 4.30. The third kappa shape index (κ3) is 9.54. The molecule has 0 aliphatic carbocycles. The van der Waals surface area contributed by atoms with Crippen molar-refractivity contribution in [3.63, 3.8) is 0 Å². The number of nitrogens with zero attached hydrogens (tertiary/aromatic N) is 1. The predicted molar refractivity (Wildman–Crippen MR) is 188 cm³/mol. The molecular weight excluding hydrogens is 682 g/mol. The lowest BCUT2D eigenvalue weighted by Crippen LogP contribution is -2.63. The summed E-state index contributed by atoms with van der Waals surface area (Å²) in [5.41, 5.74) is -4.98. The van der Waals surface area contributed by atoms with Gasteiger partial charge in [0.05, 0.1) is 61.7 Å². The maximum atomic E-state index is 14.1. The van der Waals surface area contributed by atoms with Crippen molar-refractivity contribution < 1.29 is 68.2 Å². The Kier molecular flexibility index (Phi) is 14.6. The molecule has 1 unspecified atom stereocenters. The standard InChI is InChI=1S/C37H67NO14/c1-14-25-37(10,45)30(41)20(4)27(39)18(2)16-35(8,44)32(52-34-28(40)24(38(11,12)46)15-19(3)48-34)21(5)29(22(6)33(43)50-25)51-26-17-36(9,47-13)31(42)23(7)49-26/h18-26,28-32,34,40-42,44-45H,14-17H2,1-13H3/t18-,19-,20+,21+,22-,23+,24+,25?,26+,28-,29+,30-,31+,32-,34+,35-,36-,37-/m1/s1. The van der Waals surface area contributed by atoms with E-state index in [4.69, 9.17) is 28.4 Å². The second-order valence-electron chi connectivity index (χ2n) is 16.9. The quantitative estimate of drug-likeness (QED) is 0.143. The summed E-state index contributed by atoms with van der Waals surface area (Å²) in [5, 5.41) is 70.7. The lowest BCUT2D eigenvalue weighted by atomic mass is 9.74. The Balaban J connectivity index is 2.20. The first-order valence-electron chi connectivity index (χ1n) is 18.7. The molecule has 15 heteroatoms. The summed E-state index contributed by atoms with van der Waals surface area (Å²) in [5.74, 6) is -5.27. The van der Waals surface area contributed by atoms with E-state index in [9.17, 15) is 40.3 Å². The maximum absolute atomic E-state index is 14.1. The molecule has 0 bridgehead atoms. The number of hydrogen-bond donors (Lipinski definition) is 5. The van der Waals surface area contributed by atoms with Crippen LogP contribution in [0.1, 0.15) is 94.9 Å². The van der Waals surface area contributed by atoms with E-state index in [-0.39, 0.29) is 25.7 Å². The van der Waals surface area contributed by atoms with E-state index in [1.54, 1.807) is 48.5 Å². The molecule has 52 heavy (non-hydrogen) atoms. The van der Waals surface area contributed by atoms with Crippen LogP contribution in [0.25, 0.3) is 0 Å². The van der Waals surface area contributed by atoms with E-state index in [0.29, 0.717) is 0 Å². The van der Waals surface area contributed by atoms with E-state index >= 15 is 0 Å². The summed E-state index contributed by atoms with van der Waals surface area (Å²) in [6.07, 6.45) is -11.1. The first kappa shape index (κ1) is 45.1. The third-order valence-electron chi connectivity index (χ3n) is 12.0. The Hall–Kier alpha value is -1.34. The fourth-order valence-corrected chi connectivity index (χ4v) is 8.52. The number of carbonyl (C=O) groups excluding carboxylic acids is 2. The molecule has 0 amide bonds. The van der Waals surface area contributed by atoms with Crippen molar-refractivity contribution in [3.05, 3.63) is 5.21 Å². The minimum atomic E-state index is -2.02. The number of carbonyl (C=O) groups is 2. The van der Waals surface area contributed by atoms with Crippen LogP contribution in [-0.2, 0) is 38.0 Å². The van der Waals surface area contributed by atoms with E-state index in [0.717, 1.165) is 0 Å². The van der Waals surface area contributed by atoms with Gasteiger partial charge in [0.2, 0.25) is 0 Å². The first-order chi connectivity index (χ1) is 23.7. The number of likely N-dealkylation sites (N-methyl/N-ethyl adjacent to an activating group) is 1. The largest absolute Gasteiger partial charge is 0.633 e. The van der Waals surface area contributed by atoms with E-state index in [1.807, 2.05) is 0 Å². The van der Waals surface area contributed by atoms with E-state index < -0.39 is 124 Å². The summed E-state index contributed by atoms with van der Waals surface area (Å²) in [4.78, 5) is 27.9. The smallest absolute Gasteiger partial charge is 0.311 e. The highest BCUT2D eigenvalue weighted by Crippen LogP contribution is 2.41. The molecule has 0 aromatic heterocycles. The number of quaternary nitrogens is 1. The summed E-state index contributed by atoms with van der Waals surface area (Å²) in [6, 6.07) is -0.828. The summed E-state index contributed by atoms with van der Waals surface area (Å²) in [6.45, 7) is 15.9. The van der Waals surface area contributed by atoms with E-state index in [2.05, 4.69) is 0 Å². The van der Waals surface area contributed by atoms with Crippen molar-refractivity contribution in [3.8, 4) is 0 Å². The highest BCUT2D eigenvalue weighted by atomic mass is 16.7. The molecule has 0 saturated carbocycles. The number of cyclic esters (lactones) is 1. The number of aliphatic hydroxyl groups excluding tert-OH is 3. The van der Waals surface area contributed by atoms with Gasteiger partial charge in [0.25, 0.3) is 0 Å². The van der Waals surface area contributed by atoms with Crippen molar-refractivity contribution in [2.45, 2.75) is 179 Å². The van der Waals surface area contributed by atoms with Gasteiger partial charge in [-0.15, -0.1) is 0 Å². The van der Waals surface area contributed by atoms with Crippen molar-refractivity contribution >= 4 is 11.8 Å². The lowest BCUT2D eigenvalue weighted by Gasteiger charge is -2.51. The second-order valence-corrected chi connectivity index (χ2v) is 16.9. The van der Waals surface area contributed by atoms with Gasteiger partial charge in [-0.2, -0.15) is 0 Å². The van der Waals surface area contributed by atoms with Gasteiger partial charge in [0, 0.05) is 37.7 Å². The van der Waals surface area contributed by atoms with Gasteiger partial charge in [0.1, 0.15) is 29.6 Å². The van der Waals surface area contributed by atoms with Gasteiger partial charge in [-0.25, -0.2) is 0 Å². The van der Waals surface area contributed by atoms with Crippen molar-refractivity contribution in [2.24, 2.45) is 23.7 Å². The van der Waals surface area contributed by atoms with Crippen LogP contribution in [0.2, 0.25) is 0 Å². The fourth-order valence-electron chi connectivity index (χ4n) is 8.52. The number of hydroxylamine groups is 3. The number of ether oxygens (including phenoxy) is 6. The summed E-state index contributed by atoms with van der Waals surface area (Å²) < 4.78 is 36.0. The maximum Gasteiger partial charge on any atom is 0.311 e. The van der Waals surface area contributed by atoms with E-state index in [1.165, 1.54) is 42.0 Å². The van der Waals surface area contributed by atoms with Crippen LogP contribution in [0.5, 0.6) is 0 Å². The molecule has 3 saturated heterocycles. The Morgan fingerprint density at radius 3 is 2.04 bits per heavy atom. The highest BCUT2D eigenvalue weighted by molar-refractivity contribution is 5.83. The average molecular weight is 750 g/mol. The number of aliphatic hydroxyl groups is 5. The molecule has 3 rings (SSSR count). The van der Waals surface area contributed by atoms with Crippen LogP contribution >= 0.6 is 0 Å². The minimum Gasteiger partial charge on any atom is -0.633 e. The number of esters is 1. The molecule has 5 N–H and O–H groups in total. The van der Waals surface area contributed by atoms with Crippen LogP contribution in [-0.4, -0.2) is 147 Å². The van der Waals surface area contributed by atoms with Crippen LogP contribution in [0.4, 0.5) is 0 Å². The molecule has 0 spiro atoms. The molecule has 3 aliphatic heterocycles. The van der Waals surface area contributed by atoms with Crippen molar-refractivity contribution in [1.82, 2.24) is 0 Å². The number of Topliss-reactive ketones (excluding diaryl/α,β-unsaturated/α-hetero) is 1. The van der Waals surface area contributed by atoms with Gasteiger partial charge in [0.15, 0.2) is 18.7 Å². The van der Waals surface area contributed by atoms with Gasteiger partial charge < -0.3 is 63.8 Å². The first-order valence-corrected chi connectivity index (χ1v) is 18.7.